The van der Waals surface area contributed by atoms with Crippen LogP contribution < -0.4 is 10.6 Å². The monoisotopic (exact) mass is 224 g/mol. The van der Waals surface area contributed by atoms with Gasteiger partial charge in [0.05, 0.1) is 6.54 Å². The first-order chi connectivity index (χ1) is 7.74. The average Bonchev–Trinajstić information content (AvgIpc) is 2.87. The van der Waals surface area contributed by atoms with Gasteiger partial charge in [-0.3, -0.25) is 4.79 Å². The van der Waals surface area contributed by atoms with Gasteiger partial charge in [-0.15, -0.1) is 0 Å². The maximum atomic E-state index is 11.5. The zero-order chi connectivity index (χ0) is 11.4. The van der Waals surface area contributed by atoms with Gasteiger partial charge in [0.25, 0.3) is 0 Å². The van der Waals surface area contributed by atoms with E-state index in [-0.39, 0.29) is 5.91 Å². The summed E-state index contributed by atoms with van der Waals surface area (Å²) < 4.78 is 4.81. The summed E-state index contributed by atoms with van der Waals surface area (Å²) in [5, 5.41) is 9.76. The van der Waals surface area contributed by atoms with Crippen molar-refractivity contribution in [2.75, 3.05) is 6.54 Å². The standard InChI is InChI=1S/C10H16N4O2/c1-7-13-9(14-16-7)6-12-10(15)5-8-3-2-4-11-8/h8,11H,2-6H2,1H3,(H,12,15). The molecule has 88 valence electrons. The molecule has 0 radical (unpaired) electrons. The number of rotatable bonds is 4. The zero-order valence-electron chi connectivity index (χ0n) is 9.32. The van der Waals surface area contributed by atoms with E-state index in [2.05, 4.69) is 20.8 Å². The molecule has 1 atom stereocenters. The topological polar surface area (TPSA) is 80.0 Å². The minimum atomic E-state index is 0.0295. The molecule has 1 amide bonds. The summed E-state index contributed by atoms with van der Waals surface area (Å²) in [7, 11) is 0. The predicted octanol–water partition coefficient (Wildman–Crippen LogP) is 0.136. The number of aryl methyl sites for hydroxylation is 1. The van der Waals surface area contributed by atoms with Crippen LogP contribution in [0.25, 0.3) is 0 Å². The summed E-state index contributed by atoms with van der Waals surface area (Å²) >= 11 is 0. The van der Waals surface area contributed by atoms with E-state index in [0.717, 1.165) is 19.4 Å². The van der Waals surface area contributed by atoms with Gasteiger partial charge in [0, 0.05) is 19.4 Å². The van der Waals surface area contributed by atoms with Crippen LogP contribution in [0.2, 0.25) is 0 Å². The van der Waals surface area contributed by atoms with Crippen LogP contribution >= 0.6 is 0 Å². The molecule has 16 heavy (non-hydrogen) atoms. The minimum Gasteiger partial charge on any atom is -0.349 e. The lowest BCUT2D eigenvalue weighted by molar-refractivity contribution is -0.121. The molecule has 1 unspecified atom stereocenters. The molecule has 2 N–H and O–H groups in total. The highest BCUT2D eigenvalue weighted by molar-refractivity contribution is 5.76. The van der Waals surface area contributed by atoms with Crippen LogP contribution in [0.5, 0.6) is 0 Å². The summed E-state index contributed by atoms with van der Waals surface area (Å²) in [6, 6.07) is 0.326. The Labute approximate surface area is 93.8 Å². The fourth-order valence-corrected chi connectivity index (χ4v) is 1.82. The lowest BCUT2D eigenvalue weighted by Crippen LogP contribution is -2.31. The number of nitrogens with one attached hydrogen (secondary N) is 2. The second kappa shape index (κ2) is 5.07. The lowest BCUT2D eigenvalue weighted by atomic mass is 10.1. The Morgan fingerprint density at radius 3 is 3.19 bits per heavy atom. The molecule has 0 bridgehead atoms. The highest BCUT2D eigenvalue weighted by atomic mass is 16.5. The van der Waals surface area contributed by atoms with Gasteiger partial charge < -0.3 is 15.2 Å². The predicted molar refractivity (Wildman–Crippen MR) is 56.5 cm³/mol. The molecule has 1 aromatic heterocycles. The highest BCUT2D eigenvalue weighted by Gasteiger charge is 2.17. The Morgan fingerprint density at radius 2 is 2.56 bits per heavy atom. The van der Waals surface area contributed by atoms with Crippen LogP contribution in [0.1, 0.15) is 31.0 Å². The largest absolute Gasteiger partial charge is 0.349 e. The number of nitrogens with zero attached hydrogens (tertiary/aromatic N) is 2. The Kier molecular flexibility index (Phi) is 3.51. The Hall–Kier alpha value is -1.43. The fraction of sp³-hybridized carbons (Fsp3) is 0.700. The van der Waals surface area contributed by atoms with Crippen LogP contribution in [0.3, 0.4) is 0 Å². The van der Waals surface area contributed by atoms with Crippen LogP contribution in [0.4, 0.5) is 0 Å². The van der Waals surface area contributed by atoms with Gasteiger partial charge in [0.1, 0.15) is 0 Å². The minimum absolute atomic E-state index is 0.0295. The van der Waals surface area contributed by atoms with E-state index in [1.165, 1.54) is 0 Å². The SMILES string of the molecule is Cc1nc(CNC(=O)CC2CCCN2)no1. The van der Waals surface area contributed by atoms with Crippen molar-refractivity contribution in [2.24, 2.45) is 0 Å². The van der Waals surface area contributed by atoms with Gasteiger partial charge >= 0.3 is 0 Å². The number of aromatic nitrogens is 2. The second-order valence-electron chi connectivity index (χ2n) is 4.00. The Bertz CT molecular complexity index is 357. The molecule has 2 heterocycles. The van der Waals surface area contributed by atoms with E-state index in [1.54, 1.807) is 6.92 Å². The van der Waals surface area contributed by atoms with E-state index in [0.29, 0.717) is 30.7 Å². The molecular formula is C10H16N4O2. The first-order valence-corrected chi connectivity index (χ1v) is 5.53. The molecule has 6 heteroatoms. The summed E-state index contributed by atoms with van der Waals surface area (Å²) in [5.41, 5.74) is 0. The first kappa shape index (κ1) is 11.1. The number of hydrogen-bond acceptors (Lipinski definition) is 5. The summed E-state index contributed by atoms with van der Waals surface area (Å²) in [5.74, 6) is 1.06. The molecule has 0 aliphatic carbocycles. The molecule has 1 fully saturated rings. The van der Waals surface area contributed by atoms with Gasteiger partial charge in [0.2, 0.25) is 11.8 Å². The van der Waals surface area contributed by atoms with Crippen molar-refractivity contribution in [3.8, 4) is 0 Å². The van der Waals surface area contributed by atoms with E-state index in [9.17, 15) is 4.79 Å². The van der Waals surface area contributed by atoms with Gasteiger partial charge in [-0.05, 0) is 19.4 Å². The molecule has 2 rings (SSSR count). The Morgan fingerprint density at radius 1 is 1.69 bits per heavy atom. The molecule has 1 aliphatic heterocycles. The maximum Gasteiger partial charge on any atom is 0.223 e. The molecule has 0 aromatic carbocycles. The van der Waals surface area contributed by atoms with Crippen molar-refractivity contribution in [2.45, 2.75) is 38.8 Å². The van der Waals surface area contributed by atoms with Crippen molar-refractivity contribution in [1.82, 2.24) is 20.8 Å². The molecule has 0 spiro atoms. The van der Waals surface area contributed by atoms with Gasteiger partial charge in [-0.2, -0.15) is 4.98 Å². The molecule has 1 aliphatic rings. The molecule has 6 nitrogen and oxygen atoms in total. The third-order valence-corrected chi connectivity index (χ3v) is 2.61. The lowest BCUT2D eigenvalue weighted by Gasteiger charge is -2.08. The van der Waals surface area contributed by atoms with Gasteiger partial charge in [-0.25, -0.2) is 0 Å². The maximum absolute atomic E-state index is 11.5. The number of carbonyl (C=O) groups excluding carboxylic acids is 1. The number of amides is 1. The average molecular weight is 224 g/mol. The first-order valence-electron chi connectivity index (χ1n) is 5.53. The van der Waals surface area contributed by atoms with Crippen molar-refractivity contribution in [3.05, 3.63) is 11.7 Å². The van der Waals surface area contributed by atoms with E-state index < -0.39 is 0 Å². The van der Waals surface area contributed by atoms with Crippen LogP contribution in [0, 0.1) is 6.92 Å². The highest BCUT2D eigenvalue weighted by Crippen LogP contribution is 2.08. The van der Waals surface area contributed by atoms with Gasteiger partial charge in [-0.1, -0.05) is 5.16 Å². The summed E-state index contributed by atoms with van der Waals surface area (Å²) in [6.45, 7) is 3.08. The van der Waals surface area contributed by atoms with Gasteiger partial charge in [0.15, 0.2) is 5.82 Å². The molecular weight excluding hydrogens is 208 g/mol. The zero-order valence-corrected chi connectivity index (χ0v) is 9.32. The fourth-order valence-electron chi connectivity index (χ4n) is 1.82. The van der Waals surface area contributed by atoms with E-state index in [1.807, 2.05) is 0 Å². The van der Waals surface area contributed by atoms with Crippen LogP contribution in [-0.4, -0.2) is 28.6 Å². The number of hydrogen-bond donors (Lipinski definition) is 2. The van der Waals surface area contributed by atoms with Crippen molar-refractivity contribution in [3.63, 3.8) is 0 Å². The molecule has 0 saturated carbocycles. The van der Waals surface area contributed by atoms with Crippen LogP contribution in [-0.2, 0) is 11.3 Å². The van der Waals surface area contributed by atoms with Crippen LogP contribution in [0.15, 0.2) is 4.52 Å². The molecule has 1 saturated heterocycles. The summed E-state index contributed by atoms with van der Waals surface area (Å²) in [6.07, 6.45) is 2.76. The van der Waals surface area contributed by atoms with Crippen molar-refractivity contribution >= 4 is 5.91 Å². The smallest absolute Gasteiger partial charge is 0.223 e. The quantitative estimate of drug-likeness (QED) is 0.760. The van der Waals surface area contributed by atoms with E-state index >= 15 is 0 Å². The van der Waals surface area contributed by atoms with Crippen molar-refractivity contribution < 1.29 is 9.32 Å². The normalized spacial score (nSPS) is 19.9. The Balaban J connectivity index is 1.71. The van der Waals surface area contributed by atoms with E-state index in [4.69, 9.17) is 4.52 Å². The second-order valence-corrected chi connectivity index (χ2v) is 4.00. The third kappa shape index (κ3) is 3.03. The van der Waals surface area contributed by atoms with Crippen molar-refractivity contribution in [1.29, 1.82) is 0 Å². The summed E-state index contributed by atoms with van der Waals surface area (Å²) in [4.78, 5) is 15.5. The number of carbonyl (C=O) groups is 1. The third-order valence-electron chi connectivity index (χ3n) is 2.61. The molecule has 1 aromatic rings.